The third kappa shape index (κ3) is 4.82. The van der Waals surface area contributed by atoms with Crippen molar-refractivity contribution in [3.8, 4) is 17.1 Å². The lowest BCUT2D eigenvalue weighted by atomic mass is 9.98. The maximum atomic E-state index is 14.6. The van der Waals surface area contributed by atoms with Gasteiger partial charge in [0.25, 0.3) is 5.88 Å². The molecule has 5 unspecified atom stereocenters. The van der Waals surface area contributed by atoms with E-state index in [1.165, 1.54) is 12.3 Å². The smallest absolute Gasteiger partial charge is 0.250 e. The molecule has 0 spiro atoms. The Hall–Kier alpha value is -0.825. The van der Waals surface area contributed by atoms with E-state index >= 15 is 0 Å². The molecule has 30 heavy (non-hydrogen) atoms. The summed E-state index contributed by atoms with van der Waals surface area (Å²) in [6.45, 7) is 1.83. The summed E-state index contributed by atoms with van der Waals surface area (Å²) in [7, 11) is 16.6. The molecule has 0 aliphatic heterocycles. The minimum absolute atomic E-state index is 0.0715. The molecule has 2 radical (unpaired) electrons. The summed E-state index contributed by atoms with van der Waals surface area (Å²) in [6.07, 6.45) is 6.49. The van der Waals surface area contributed by atoms with Crippen molar-refractivity contribution in [1.29, 1.82) is 0 Å². The van der Waals surface area contributed by atoms with Crippen LogP contribution in [0.4, 0.5) is 4.39 Å². The van der Waals surface area contributed by atoms with E-state index in [1.54, 1.807) is 16.8 Å². The van der Waals surface area contributed by atoms with Crippen LogP contribution < -0.4 is 4.74 Å². The Kier molecular flexibility index (Phi) is 6.16. The average molecular weight is 481 g/mol. The zero-order valence-corrected chi connectivity index (χ0v) is 20.8. The number of pyridine rings is 1. The molecular weight excluding hydrogens is 460 g/mol. The highest BCUT2D eigenvalue weighted by Gasteiger charge is 2.35. The van der Waals surface area contributed by atoms with Gasteiger partial charge in [-0.2, -0.15) is 0 Å². The van der Waals surface area contributed by atoms with Gasteiger partial charge in [0, 0.05) is 22.6 Å². The van der Waals surface area contributed by atoms with Gasteiger partial charge >= 0.3 is 0 Å². The van der Waals surface area contributed by atoms with Crippen LogP contribution in [-0.4, -0.2) is 49.3 Å². The highest BCUT2D eigenvalue weighted by molar-refractivity contribution is 7.57. The summed E-state index contributed by atoms with van der Waals surface area (Å²) in [4.78, 5) is 8.48. The summed E-state index contributed by atoms with van der Waals surface area (Å²) in [5.74, 6) is -0.235. The van der Waals surface area contributed by atoms with Crippen molar-refractivity contribution in [1.82, 2.24) is 24.6 Å². The van der Waals surface area contributed by atoms with E-state index in [0.717, 1.165) is 12.8 Å². The van der Waals surface area contributed by atoms with Gasteiger partial charge in [-0.05, 0) is 25.8 Å². The van der Waals surface area contributed by atoms with Gasteiger partial charge in [0.05, 0.1) is 23.2 Å². The fourth-order valence-corrected chi connectivity index (χ4v) is 3.25. The molecule has 1 saturated carbocycles. The van der Waals surface area contributed by atoms with E-state index in [0.29, 0.717) is 22.7 Å². The van der Waals surface area contributed by atoms with Crippen molar-refractivity contribution in [2.75, 3.05) is 0 Å². The van der Waals surface area contributed by atoms with E-state index in [4.69, 9.17) is 17.3 Å². The van der Waals surface area contributed by atoms with Gasteiger partial charge < -0.3 is 9.47 Å². The molecular formula is C17H21BFN5O2P4. The van der Waals surface area contributed by atoms with E-state index in [1.807, 2.05) is 6.92 Å². The molecule has 1 aliphatic carbocycles. The fraction of sp³-hybridized carbons (Fsp3) is 0.412. The van der Waals surface area contributed by atoms with Crippen molar-refractivity contribution in [2.24, 2.45) is 0 Å². The van der Waals surface area contributed by atoms with E-state index in [-0.39, 0.29) is 22.7 Å². The lowest BCUT2D eigenvalue weighted by molar-refractivity contribution is 0.0605. The molecule has 3 aromatic heterocycles. The van der Waals surface area contributed by atoms with Crippen LogP contribution in [0, 0.1) is 5.82 Å². The molecule has 3 aromatic rings. The van der Waals surface area contributed by atoms with Crippen molar-refractivity contribution in [3.05, 3.63) is 36.3 Å². The van der Waals surface area contributed by atoms with Gasteiger partial charge in [-0.1, -0.05) is 0 Å². The number of halogens is 1. The van der Waals surface area contributed by atoms with E-state index < -0.39 is 11.1 Å². The summed E-state index contributed by atoms with van der Waals surface area (Å²) in [6, 6.07) is 1.33. The Bertz CT molecular complexity index is 1090. The molecule has 7 nitrogen and oxygen atoms in total. The molecule has 13 heteroatoms. The van der Waals surface area contributed by atoms with Crippen LogP contribution in [0.15, 0.2) is 24.7 Å². The quantitative estimate of drug-likeness (QED) is 0.382. The number of aromatic nitrogens is 5. The average Bonchev–Trinajstić information content (AvgIpc) is 3.35. The minimum Gasteiger partial charge on any atom is -0.471 e. The molecule has 1 aliphatic rings. The van der Waals surface area contributed by atoms with Crippen molar-refractivity contribution >= 4 is 50.5 Å². The molecule has 0 aromatic carbocycles. The number of hydrogen-bond acceptors (Lipinski definition) is 6. The van der Waals surface area contributed by atoms with Crippen LogP contribution in [0.25, 0.3) is 16.9 Å². The van der Waals surface area contributed by atoms with Crippen LogP contribution >= 0.6 is 37.0 Å². The first-order valence-corrected chi connectivity index (χ1v) is 11.5. The molecule has 0 amide bonds. The Morgan fingerprint density at radius 3 is 2.57 bits per heavy atom. The molecule has 156 valence electrons. The van der Waals surface area contributed by atoms with Crippen LogP contribution in [0.2, 0.25) is 0 Å². The van der Waals surface area contributed by atoms with Crippen molar-refractivity contribution < 1.29 is 13.9 Å². The monoisotopic (exact) mass is 481 g/mol. The fourth-order valence-electron chi connectivity index (χ4n) is 2.65. The van der Waals surface area contributed by atoms with Gasteiger partial charge in [0.2, 0.25) is 0 Å². The molecule has 0 bridgehead atoms. The summed E-state index contributed by atoms with van der Waals surface area (Å²) in [5.41, 5.74) is 1.47. The van der Waals surface area contributed by atoms with Crippen molar-refractivity contribution in [2.45, 2.75) is 41.9 Å². The zero-order chi connectivity index (χ0) is 21.7. The SMILES string of the molecule is [B]C(P)(OC1CC1)c1nnc2cnc(-c3cnc(O[C@H](C)C(P)(P)P)c(F)c3)cn12. The largest absolute Gasteiger partial charge is 0.471 e. The Morgan fingerprint density at radius 2 is 1.93 bits per heavy atom. The number of fused-ring (bicyclic) bond motifs is 1. The highest BCUT2D eigenvalue weighted by Crippen LogP contribution is 2.40. The number of ether oxygens (including phenoxy) is 2. The second kappa shape index (κ2) is 8.26. The van der Waals surface area contributed by atoms with Crippen LogP contribution in [-0.2, 0) is 9.98 Å². The van der Waals surface area contributed by atoms with Gasteiger partial charge in [0.15, 0.2) is 17.3 Å². The molecule has 6 atom stereocenters. The predicted octanol–water partition coefficient (Wildman–Crippen LogP) is 2.70. The van der Waals surface area contributed by atoms with E-state index in [2.05, 4.69) is 57.1 Å². The molecule has 3 heterocycles. The van der Waals surface area contributed by atoms with Gasteiger partial charge in [-0.3, -0.25) is 9.38 Å². The van der Waals surface area contributed by atoms with Crippen LogP contribution in [0.5, 0.6) is 5.88 Å². The zero-order valence-electron chi connectivity index (χ0n) is 16.2. The molecule has 0 saturated heterocycles. The maximum Gasteiger partial charge on any atom is 0.250 e. The van der Waals surface area contributed by atoms with Gasteiger partial charge in [0.1, 0.15) is 14.0 Å². The minimum atomic E-state index is -1.18. The van der Waals surface area contributed by atoms with Gasteiger partial charge in [-0.15, -0.1) is 47.2 Å². The Balaban J connectivity index is 1.64. The van der Waals surface area contributed by atoms with Crippen LogP contribution in [0.3, 0.4) is 0 Å². The maximum absolute atomic E-state index is 14.6. The number of nitrogens with zero attached hydrogens (tertiary/aromatic N) is 5. The summed E-state index contributed by atoms with van der Waals surface area (Å²) in [5, 5.41) is 7.07. The second-order valence-corrected chi connectivity index (χ2v) is 13.3. The van der Waals surface area contributed by atoms with Gasteiger partial charge in [-0.25, -0.2) is 9.37 Å². The molecule has 4 rings (SSSR count). The third-order valence-electron chi connectivity index (χ3n) is 4.62. The van der Waals surface area contributed by atoms with Crippen molar-refractivity contribution in [3.63, 3.8) is 0 Å². The Morgan fingerprint density at radius 1 is 1.20 bits per heavy atom. The third-order valence-corrected chi connectivity index (χ3v) is 6.43. The second-order valence-electron chi connectivity index (χ2n) is 7.41. The molecule has 0 N–H and O–H groups in total. The molecule has 1 fully saturated rings. The first-order valence-electron chi connectivity index (χ1n) is 9.20. The first kappa shape index (κ1) is 22.4. The highest BCUT2D eigenvalue weighted by atomic mass is 31.1. The lowest BCUT2D eigenvalue weighted by Crippen LogP contribution is -2.27. The normalized spacial score (nSPS) is 17.7. The standard InChI is InChI=1S/C17H21BFN5O2P4/c1-8(17(28,29)30)25-14-11(19)4-9(5-21-14)12-7-24-13(6-20-12)22-23-15(24)16(18,27)26-10-2-3-10/h4-8,10H,2-3,27-30H2,1H3/t8-,16?/m1/s1. The van der Waals surface area contributed by atoms with Crippen LogP contribution in [0.1, 0.15) is 25.6 Å². The van der Waals surface area contributed by atoms with E-state index in [9.17, 15) is 4.39 Å². The lowest BCUT2D eigenvalue weighted by Gasteiger charge is -2.26. The summed E-state index contributed by atoms with van der Waals surface area (Å²) >= 11 is 0. The number of rotatable bonds is 7. The summed E-state index contributed by atoms with van der Waals surface area (Å²) < 4.78 is 27.4. The predicted molar refractivity (Wildman–Crippen MR) is 127 cm³/mol. The number of hydrogen-bond donors (Lipinski definition) is 0. The topological polar surface area (TPSA) is 74.4 Å². The first-order chi connectivity index (χ1) is 14.0. The Labute approximate surface area is 184 Å².